The summed E-state index contributed by atoms with van der Waals surface area (Å²) in [4.78, 5) is 12.4. The lowest BCUT2D eigenvalue weighted by Crippen LogP contribution is -2.15. The molecule has 0 radical (unpaired) electrons. The first kappa shape index (κ1) is 19.9. The van der Waals surface area contributed by atoms with Crippen LogP contribution in [-0.2, 0) is 11.3 Å². The molecular weight excluding hydrogens is 368 g/mol. The SMILES string of the molecule is C=CCn1c(SCC(=O)Nc2cccc(C)c2C)nnc1-c1ccccc1C. The number of anilines is 1. The van der Waals surface area contributed by atoms with Crippen LogP contribution in [0.4, 0.5) is 5.69 Å². The molecule has 0 saturated carbocycles. The molecule has 0 saturated heterocycles. The molecule has 0 aliphatic carbocycles. The van der Waals surface area contributed by atoms with Crippen molar-refractivity contribution in [1.29, 1.82) is 0 Å². The first-order valence-corrected chi connectivity index (χ1v) is 10.1. The summed E-state index contributed by atoms with van der Waals surface area (Å²) in [5, 5.41) is 12.4. The molecule has 1 heterocycles. The van der Waals surface area contributed by atoms with Crippen LogP contribution in [0, 0.1) is 20.8 Å². The van der Waals surface area contributed by atoms with Crippen LogP contribution in [0.15, 0.2) is 60.3 Å². The summed E-state index contributed by atoms with van der Waals surface area (Å²) in [5.74, 6) is 0.982. The molecule has 0 bridgehead atoms. The molecule has 144 valence electrons. The standard InChI is InChI=1S/C22H24N4OS/c1-5-13-26-21(18-11-7-6-9-16(18)3)24-25-22(26)28-14-20(27)23-19-12-8-10-15(2)17(19)4/h5-12H,1,13-14H2,2-4H3,(H,23,27). The summed E-state index contributed by atoms with van der Waals surface area (Å²) in [5.41, 5.74) is 5.24. The topological polar surface area (TPSA) is 59.8 Å². The molecule has 0 aliphatic heterocycles. The molecule has 2 aromatic carbocycles. The van der Waals surface area contributed by atoms with E-state index in [4.69, 9.17) is 0 Å². The number of allylic oxidation sites excluding steroid dienone is 1. The lowest BCUT2D eigenvalue weighted by atomic mass is 10.1. The maximum absolute atomic E-state index is 12.4. The van der Waals surface area contributed by atoms with Crippen LogP contribution in [0.3, 0.4) is 0 Å². The van der Waals surface area contributed by atoms with Gasteiger partial charge in [-0.3, -0.25) is 9.36 Å². The molecule has 6 heteroatoms. The number of aryl methyl sites for hydroxylation is 2. The highest BCUT2D eigenvalue weighted by Gasteiger charge is 2.16. The fourth-order valence-electron chi connectivity index (χ4n) is 2.92. The van der Waals surface area contributed by atoms with E-state index in [9.17, 15) is 4.79 Å². The van der Waals surface area contributed by atoms with Crippen LogP contribution in [0.25, 0.3) is 11.4 Å². The van der Waals surface area contributed by atoms with Crippen molar-refractivity contribution in [3.8, 4) is 11.4 Å². The van der Waals surface area contributed by atoms with Gasteiger partial charge in [0.2, 0.25) is 5.91 Å². The number of carbonyl (C=O) groups is 1. The Balaban J connectivity index is 1.75. The fourth-order valence-corrected chi connectivity index (χ4v) is 3.66. The third-order valence-electron chi connectivity index (χ3n) is 4.63. The summed E-state index contributed by atoms with van der Waals surface area (Å²) in [6, 6.07) is 14.0. The lowest BCUT2D eigenvalue weighted by Gasteiger charge is -2.11. The number of carbonyl (C=O) groups excluding carboxylic acids is 1. The Labute approximate surface area is 169 Å². The maximum atomic E-state index is 12.4. The highest BCUT2D eigenvalue weighted by molar-refractivity contribution is 7.99. The van der Waals surface area contributed by atoms with Crippen molar-refractivity contribution in [3.05, 3.63) is 71.8 Å². The van der Waals surface area contributed by atoms with E-state index < -0.39 is 0 Å². The Morgan fingerprint density at radius 3 is 2.61 bits per heavy atom. The second-order valence-corrected chi connectivity index (χ2v) is 7.55. The summed E-state index contributed by atoms with van der Waals surface area (Å²) >= 11 is 1.38. The van der Waals surface area contributed by atoms with Crippen LogP contribution >= 0.6 is 11.8 Å². The number of amides is 1. The van der Waals surface area contributed by atoms with Crippen molar-refractivity contribution in [2.45, 2.75) is 32.5 Å². The van der Waals surface area contributed by atoms with Crippen molar-refractivity contribution < 1.29 is 4.79 Å². The quantitative estimate of drug-likeness (QED) is 0.464. The Kier molecular flexibility index (Phi) is 6.31. The molecule has 0 spiro atoms. The van der Waals surface area contributed by atoms with Crippen LogP contribution < -0.4 is 5.32 Å². The molecule has 28 heavy (non-hydrogen) atoms. The van der Waals surface area contributed by atoms with Gasteiger partial charge >= 0.3 is 0 Å². The van der Waals surface area contributed by atoms with Crippen LogP contribution in [0.1, 0.15) is 16.7 Å². The average Bonchev–Trinajstić information content (AvgIpc) is 3.07. The number of aromatic nitrogens is 3. The van der Waals surface area contributed by atoms with Gasteiger partial charge in [-0.15, -0.1) is 16.8 Å². The zero-order chi connectivity index (χ0) is 20.1. The number of benzene rings is 2. The normalized spacial score (nSPS) is 10.7. The molecule has 3 rings (SSSR count). The first-order valence-electron chi connectivity index (χ1n) is 9.10. The summed E-state index contributed by atoms with van der Waals surface area (Å²) in [7, 11) is 0. The van der Waals surface area contributed by atoms with Crippen molar-refractivity contribution in [2.75, 3.05) is 11.1 Å². The van der Waals surface area contributed by atoms with Gasteiger partial charge in [0.15, 0.2) is 11.0 Å². The Hall–Kier alpha value is -2.86. The average molecular weight is 393 g/mol. The molecule has 0 aliphatic rings. The molecule has 3 aromatic rings. The number of rotatable bonds is 7. The van der Waals surface area contributed by atoms with E-state index in [1.807, 2.05) is 73.9 Å². The number of hydrogen-bond acceptors (Lipinski definition) is 4. The third kappa shape index (κ3) is 4.34. The number of nitrogens with one attached hydrogen (secondary N) is 1. The highest BCUT2D eigenvalue weighted by atomic mass is 32.2. The number of hydrogen-bond donors (Lipinski definition) is 1. The summed E-state index contributed by atoms with van der Waals surface area (Å²) < 4.78 is 1.99. The van der Waals surface area contributed by atoms with Gasteiger partial charge in [0.05, 0.1) is 5.75 Å². The zero-order valence-corrected chi connectivity index (χ0v) is 17.2. The Bertz CT molecular complexity index is 1010. The van der Waals surface area contributed by atoms with Gasteiger partial charge in [0.25, 0.3) is 0 Å². The van der Waals surface area contributed by atoms with E-state index in [1.54, 1.807) is 0 Å². The van der Waals surface area contributed by atoms with Crippen molar-refractivity contribution >= 4 is 23.4 Å². The summed E-state index contributed by atoms with van der Waals surface area (Å²) in [6.45, 7) is 10.5. The molecule has 1 amide bonds. The van der Waals surface area contributed by atoms with Crippen molar-refractivity contribution in [3.63, 3.8) is 0 Å². The predicted octanol–water partition coefficient (Wildman–Crippen LogP) is 4.79. The minimum atomic E-state index is -0.0655. The highest BCUT2D eigenvalue weighted by Crippen LogP contribution is 2.26. The van der Waals surface area contributed by atoms with Crippen molar-refractivity contribution in [1.82, 2.24) is 14.8 Å². The smallest absolute Gasteiger partial charge is 0.234 e. The molecule has 0 atom stereocenters. The monoisotopic (exact) mass is 392 g/mol. The van der Waals surface area contributed by atoms with Gasteiger partial charge in [-0.25, -0.2) is 0 Å². The minimum absolute atomic E-state index is 0.0655. The Morgan fingerprint density at radius 1 is 1.11 bits per heavy atom. The van der Waals surface area contributed by atoms with Gasteiger partial charge in [0.1, 0.15) is 0 Å². The van der Waals surface area contributed by atoms with E-state index in [2.05, 4.69) is 22.1 Å². The van der Waals surface area contributed by atoms with Crippen LogP contribution in [0.5, 0.6) is 0 Å². The molecular formula is C22H24N4OS. The minimum Gasteiger partial charge on any atom is -0.325 e. The second-order valence-electron chi connectivity index (χ2n) is 6.60. The van der Waals surface area contributed by atoms with Gasteiger partial charge in [0, 0.05) is 17.8 Å². The molecule has 1 N–H and O–H groups in total. The summed E-state index contributed by atoms with van der Waals surface area (Å²) in [6.07, 6.45) is 1.81. The van der Waals surface area contributed by atoms with E-state index in [0.29, 0.717) is 11.7 Å². The van der Waals surface area contributed by atoms with Gasteiger partial charge in [-0.2, -0.15) is 0 Å². The molecule has 5 nitrogen and oxygen atoms in total. The Morgan fingerprint density at radius 2 is 1.86 bits per heavy atom. The van der Waals surface area contributed by atoms with E-state index in [1.165, 1.54) is 11.8 Å². The lowest BCUT2D eigenvalue weighted by molar-refractivity contribution is -0.113. The second kappa shape index (κ2) is 8.89. The number of thioether (sulfide) groups is 1. The van der Waals surface area contributed by atoms with Gasteiger partial charge < -0.3 is 5.32 Å². The van der Waals surface area contributed by atoms with Gasteiger partial charge in [-0.1, -0.05) is 54.2 Å². The van der Waals surface area contributed by atoms with Crippen molar-refractivity contribution in [2.24, 2.45) is 0 Å². The predicted molar refractivity (Wildman–Crippen MR) is 116 cm³/mol. The van der Waals surface area contributed by atoms with Crippen LogP contribution in [-0.4, -0.2) is 26.4 Å². The van der Waals surface area contributed by atoms with Gasteiger partial charge in [-0.05, 0) is 43.5 Å². The van der Waals surface area contributed by atoms with E-state index in [0.717, 1.165) is 33.8 Å². The van der Waals surface area contributed by atoms with E-state index >= 15 is 0 Å². The molecule has 1 aromatic heterocycles. The largest absolute Gasteiger partial charge is 0.325 e. The third-order valence-corrected chi connectivity index (χ3v) is 5.59. The molecule has 0 fully saturated rings. The maximum Gasteiger partial charge on any atom is 0.234 e. The fraction of sp³-hybridized carbons (Fsp3) is 0.227. The van der Waals surface area contributed by atoms with E-state index in [-0.39, 0.29) is 11.7 Å². The zero-order valence-electron chi connectivity index (χ0n) is 16.4. The van der Waals surface area contributed by atoms with Crippen LogP contribution in [0.2, 0.25) is 0 Å². The molecule has 0 unspecified atom stereocenters. The number of nitrogens with zero attached hydrogens (tertiary/aromatic N) is 3. The first-order chi connectivity index (χ1) is 13.5.